The average molecular weight is 356 g/mol. The second-order valence-corrected chi connectivity index (χ2v) is 6.64. The lowest BCUT2D eigenvalue weighted by atomic mass is 9.73. The Bertz CT molecular complexity index is 634. The van der Waals surface area contributed by atoms with Crippen molar-refractivity contribution in [1.29, 1.82) is 5.26 Å². The quantitative estimate of drug-likeness (QED) is 0.821. The number of hydrogen-bond acceptors (Lipinski definition) is 3. The fourth-order valence-electron chi connectivity index (χ4n) is 3.48. The zero-order valence-corrected chi connectivity index (χ0v) is 15.6. The highest BCUT2D eigenvalue weighted by atomic mass is 35.5. The van der Waals surface area contributed by atoms with Crippen LogP contribution in [-0.2, 0) is 5.41 Å². The van der Waals surface area contributed by atoms with E-state index in [2.05, 4.69) is 47.2 Å². The molecular formula is C21H26ClN3. The summed E-state index contributed by atoms with van der Waals surface area (Å²) in [6, 6.07) is 23.1. The zero-order valence-electron chi connectivity index (χ0n) is 14.8. The second kappa shape index (κ2) is 9.01. The molecule has 0 amide bonds. The molecule has 0 N–H and O–H groups in total. The lowest BCUT2D eigenvalue weighted by Crippen LogP contribution is -2.46. The molecule has 2 aromatic carbocycles. The van der Waals surface area contributed by atoms with Gasteiger partial charge in [-0.1, -0.05) is 60.7 Å². The number of halogens is 1. The van der Waals surface area contributed by atoms with Crippen molar-refractivity contribution in [2.75, 3.05) is 39.8 Å². The molecule has 0 aromatic heterocycles. The van der Waals surface area contributed by atoms with E-state index in [-0.39, 0.29) is 12.4 Å². The molecule has 1 fully saturated rings. The molecule has 3 nitrogen and oxygen atoms in total. The van der Waals surface area contributed by atoms with Gasteiger partial charge in [-0.15, -0.1) is 12.4 Å². The monoisotopic (exact) mass is 355 g/mol. The SMILES string of the molecule is CN1CCN(CCC(C#N)(c2ccccc2)c2ccccc2)CC1.Cl. The first-order valence-electron chi connectivity index (χ1n) is 8.68. The van der Waals surface area contributed by atoms with Crippen LogP contribution in [0.15, 0.2) is 60.7 Å². The summed E-state index contributed by atoms with van der Waals surface area (Å²) in [6.45, 7) is 5.33. The maximum Gasteiger partial charge on any atom is 0.108 e. The van der Waals surface area contributed by atoms with Gasteiger partial charge < -0.3 is 9.80 Å². The first-order valence-corrected chi connectivity index (χ1v) is 8.68. The molecule has 2 aromatic rings. The Morgan fingerprint density at radius 3 is 1.80 bits per heavy atom. The number of benzene rings is 2. The summed E-state index contributed by atoms with van der Waals surface area (Å²) in [5, 5.41) is 10.2. The standard InChI is InChI=1S/C21H25N3.ClH/c1-23-14-16-24(17-15-23)13-12-21(18-22,19-8-4-2-5-9-19)20-10-6-3-7-11-20;/h2-11H,12-17H2,1H3;1H. The van der Waals surface area contributed by atoms with E-state index in [1.54, 1.807) is 0 Å². The Morgan fingerprint density at radius 1 is 0.880 bits per heavy atom. The van der Waals surface area contributed by atoms with E-state index < -0.39 is 5.41 Å². The van der Waals surface area contributed by atoms with Crippen LogP contribution in [0.3, 0.4) is 0 Å². The molecule has 3 rings (SSSR count). The molecule has 1 saturated heterocycles. The summed E-state index contributed by atoms with van der Waals surface area (Å²) in [5.41, 5.74) is 1.60. The van der Waals surface area contributed by atoms with E-state index in [1.165, 1.54) is 0 Å². The van der Waals surface area contributed by atoms with Crippen LogP contribution in [0.25, 0.3) is 0 Å². The van der Waals surface area contributed by atoms with E-state index >= 15 is 0 Å². The minimum absolute atomic E-state index is 0. The Balaban J connectivity index is 0.00000225. The van der Waals surface area contributed by atoms with Crippen LogP contribution in [0.5, 0.6) is 0 Å². The van der Waals surface area contributed by atoms with Gasteiger partial charge >= 0.3 is 0 Å². The number of hydrogen-bond donors (Lipinski definition) is 0. The Labute approximate surface area is 157 Å². The third-order valence-electron chi connectivity index (χ3n) is 5.12. The number of piperazine rings is 1. The summed E-state index contributed by atoms with van der Waals surface area (Å²) >= 11 is 0. The zero-order chi connectivity index (χ0) is 16.8. The van der Waals surface area contributed by atoms with Crippen LogP contribution in [0.1, 0.15) is 17.5 Å². The number of nitrogens with zero attached hydrogens (tertiary/aromatic N) is 3. The van der Waals surface area contributed by atoms with Crippen LogP contribution >= 0.6 is 12.4 Å². The maximum absolute atomic E-state index is 10.2. The molecule has 0 bridgehead atoms. The van der Waals surface area contributed by atoms with E-state index in [9.17, 15) is 5.26 Å². The molecule has 1 heterocycles. The molecule has 0 spiro atoms. The normalized spacial score (nSPS) is 16.0. The topological polar surface area (TPSA) is 30.3 Å². The second-order valence-electron chi connectivity index (χ2n) is 6.64. The molecule has 25 heavy (non-hydrogen) atoms. The van der Waals surface area contributed by atoms with E-state index in [0.29, 0.717) is 0 Å². The van der Waals surface area contributed by atoms with Gasteiger partial charge in [-0.25, -0.2) is 0 Å². The fourth-order valence-corrected chi connectivity index (χ4v) is 3.48. The van der Waals surface area contributed by atoms with Crippen LogP contribution in [0.2, 0.25) is 0 Å². The highest BCUT2D eigenvalue weighted by molar-refractivity contribution is 5.85. The van der Waals surface area contributed by atoms with Crippen LogP contribution in [-0.4, -0.2) is 49.6 Å². The lowest BCUT2D eigenvalue weighted by molar-refractivity contribution is 0.149. The van der Waals surface area contributed by atoms with E-state index in [1.807, 2.05) is 36.4 Å². The smallest absolute Gasteiger partial charge is 0.108 e. The molecule has 0 atom stereocenters. The van der Waals surface area contributed by atoms with Crippen LogP contribution in [0.4, 0.5) is 0 Å². The van der Waals surface area contributed by atoms with Gasteiger partial charge in [-0.3, -0.25) is 0 Å². The summed E-state index contributed by atoms with van der Waals surface area (Å²) < 4.78 is 0. The summed E-state index contributed by atoms with van der Waals surface area (Å²) in [5.74, 6) is 0. The van der Waals surface area contributed by atoms with Gasteiger partial charge in [0.2, 0.25) is 0 Å². The Morgan fingerprint density at radius 2 is 1.36 bits per heavy atom. The Kier molecular flexibility index (Phi) is 7.01. The van der Waals surface area contributed by atoms with Gasteiger partial charge in [0.05, 0.1) is 6.07 Å². The van der Waals surface area contributed by atoms with Crippen molar-refractivity contribution in [2.24, 2.45) is 0 Å². The highest BCUT2D eigenvalue weighted by Gasteiger charge is 2.34. The maximum atomic E-state index is 10.2. The third kappa shape index (κ3) is 4.41. The third-order valence-corrected chi connectivity index (χ3v) is 5.12. The number of nitriles is 1. The molecular weight excluding hydrogens is 330 g/mol. The molecule has 0 unspecified atom stereocenters. The summed E-state index contributed by atoms with van der Waals surface area (Å²) in [4.78, 5) is 4.85. The molecule has 132 valence electrons. The molecule has 1 aliphatic heterocycles. The number of likely N-dealkylation sites (N-methyl/N-ethyl adjacent to an activating group) is 1. The van der Waals surface area contributed by atoms with Gasteiger partial charge in [-0.2, -0.15) is 5.26 Å². The highest BCUT2D eigenvalue weighted by Crippen LogP contribution is 2.35. The molecule has 0 radical (unpaired) electrons. The van der Waals surface area contributed by atoms with E-state index in [4.69, 9.17) is 0 Å². The van der Waals surface area contributed by atoms with Crippen molar-refractivity contribution in [3.8, 4) is 6.07 Å². The van der Waals surface area contributed by atoms with Crippen LogP contribution in [0, 0.1) is 11.3 Å². The Hall–Kier alpha value is -1.86. The lowest BCUT2D eigenvalue weighted by Gasteiger charge is -2.35. The molecule has 4 heteroatoms. The van der Waals surface area contributed by atoms with Crippen molar-refractivity contribution in [3.63, 3.8) is 0 Å². The largest absolute Gasteiger partial charge is 0.304 e. The predicted molar refractivity (Wildman–Crippen MR) is 105 cm³/mol. The molecule has 1 aliphatic rings. The van der Waals surface area contributed by atoms with Crippen molar-refractivity contribution >= 4 is 12.4 Å². The van der Waals surface area contributed by atoms with Crippen molar-refractivity contribution in [2.45, 2.75) is 11.8 Å². The van der Waals surface area contributed by atoms with Crippen molar-refractivity contribution in [1.82, 2.24) is 9.80 Å². The van der Waals surface area contributed by atoms with Crippen molar-refractivity contribution < 1.29 is 0 Å². The minimum atomic E-state index is -0.578. The van der Waals surface area contributed by atoms with Gasteiger partial charge in [0.25, 0.3) is 0 Å². The van der Waals surface area contributed by atoms with Gasteiger partial charge in [0.15, 0.2) is 0 Å². The average Bonchev–Trinajstić information content (AvgIpc) is 2.66. The molecule has 0 saturated carbocycles. The molecule has 0 aliphatic carbocycles. The first-order chi connectivity index (χ1) is 11.7. The van der Waals surface area contributed by atoms with Crippen molar-refractivity contribution in [3.05, 3.63) is 71.8 Å². The van der Waals surface area contributed by atoms with Gasteiger partial charge in [0.1, 0.15) is 5.41 Å². The number of rotatable bonds is 5. The summed E-state index contributed by atoms with van der Waals surface area (Å²) in [6.07, 6.45) is 0.821. The van der Waals surface area contributed by atoms with Gasteiger partial charge in [-0.05, 0) is 24.6 Å². The fraction of sp³-hybridized carbons (Fsp3) is 0.381. The first kappa shape index (κ1) is 19.5. The van der Waals surface area contributed by atoms with Gasteiger partial charge in [0, 0.05) is 32.7 Å². The minimum Gasteiger partial charge on any atom is -0.304 e. The van der Waals surface area contributed by atoms with Crippen LogP contribution < -0.4 is 0 Å². The summed E-state index contributed by atoms with van der Waals surface area (Å²) in [7, 11) is 2.17. The van der Waals surface area contributed by atoms with E-state index in [0.717, 1.165) is 50.3 Å². The predicted octanol–water partition coefficient (Wildman–Crippen LogP) is 3.56.